The molecule has 0 radical (unpaired) electrons. The number of ether oxygens (including phenoxy) is 1. The van der Waals surface area contributed by atoms with Gasteiger partial charge in [0.25, 0.3) is 0 Å². The summed E-state index contributed by atoms with van der Waals surface area (Å²) in [6, 6.07) is 8.16. The van der Waals surface area contributed by atoms with E-state index >= 15 is 0 Å². The Hall–Kier alpha value is -1.89. The monoisotopic (exact) mass is 506 g/mol. The van der Waals surface area contributed by atoms with E-state index in [0.29, 0.717) is 24.6 Å². The van der Waals surface area contributed by atoms with Gasteiger partial charge in [-0.2, -0.15) is 0 Å². The molecule has 4 nitrogen and oxygen atoms in total. The number of amides is 1. The van der Waals surface area contributed by atoms with Crippen molar-refractivity contribution in [1.82, 2.24) is 4.98 Å². The molecule has 3 aromatic rings. The van der Waals surface area contributed by atoms with Gasteiger partial charge in [-0.15, -0.1) is 11.3 Å². The van der Waals surface area contributed by atoms with E-state index in [-0.39, 0.29) is 5.91 Å². The minimum Gasteiger partial charge on any atom is -0.492 e. The number of rotatable bonds is 7. The van der Waals surface area contributed by atoms with Gasteiger partial charge in [0.05, 0.1) is 16.8 Å². The molecule has 7 heteroatoms. The van der Waals surface area contributed by atoms with Gasteiger partial charge in [0.1, 0.15) is 5.75 Å². The molecule has 0 fully saturated rings. The highest BCUT2D eigenvalue weighted by Gasteiger charge is 2.12. The van der Waals surface area contributed by atoms with Crippen molar-refractivity contribution in [1.29, 1.82) is 0 Å². The summed E-state index contributed by atoms with van der Waals surface area (Å²) in [5.41, 5.74) is 6.33. The number of nitrogens with zero attached hydrogens (tertiary/aromatic N) is 1. The first kappa shape index (κ1) is 22.8. The first-order chi connectivity index (χ1) is 14.3. The van der Waals surface area contributed by atoms with E-state index in [1.54, 1.807) is 0 Å². The number of carbonyl (C=O) groups excluding carboxylic acids is 1. The smallest absolute Gasteiger partial charge is 0.226 e. The number of thiazole rings is 1. The van der Waals surface area contributed by atoms with Gasteiger partial charge in [-0.1, -0.05) is 23.7 Å². The molecule has 0 aliphatic heterocycles. The van der Waals surface area contributed by atoms with Crippen LogP contribution in [-0.4, -0.2) is 17.5 Å². The van der Waals surface area contributed by atoms with E-state index in [9.17, 15) is 4.79 Å². The van der Waals surface area contributed by atoms with Crippen LogP contribution in [0.25, 0.3) is 11.3 Å². The maximum atomic E-state index is 12.3. The average molecular weight is 508 g/mol. The zero-order chi connectivity index (χ0) is 21.8. The number of nitrogens with one attached hydrogen (secondary N) is 1. The molecule has 0 saturated heterocycles. The molecule has 1 heterocycles. The third-order valence-corrected chi connectivity index (χ3v) is 7.25. The van der Waals surface area contributed by atoms with Gasteiger partial charge in [-0.25, -0.2) is 4.98 Å². The predicted octanol–water partition coefficient (Wildman–Crippen LogP) is 7.26. The number of halogens is 2. The summed E-state index contributed by atoms with van der Waals surface area (Å²) in [6.07, 6.45) is 0.968. The molecule has 0 aliphatic carbocycles. The average Bonchev–Trinajstić information content (AvgIpc) is 3.17. The van der Waals surface area contributed by atoms with Crippen LogP contribution in [-0.2, 0) is 4.79 Å². The molecular weight excluding hydrogens is 484 g/mol. The van der Waals surface area contributed by atoms with Crippen molar-refractivity contribution in [2.24, 2.45) is 0 Å². The van der Waals surface area contributed by atoms with E-state index in [0.717, 1.165) is 37.6 Å². The van der Waals surface area contributed by atoms with Crippen LogP contribution in [0.5, 0.6) is 5.75 Å². The van der Waals surface area contributed by atoms with E-state index in [1.807, 2.05) is 25.3 Å². The number of aromatic nitrogens is 1. The second-order valence-corrected chi connectivity index (χ2v) is 9.31. The van der Waals surface area contributed by atoms with Crippen molar-refractivity contribution in [2.75, 3.05) is 11.9 Å². The summed E-state index contributed by atoms with van der Waals surface area (Å²) in [6.45, 7) is 8.51. The zero-order valence-electron chi connectivity index (χ0n) is 17.4. The number of hydrogen-bond acceptors (Lipinski definition) is 4. The Bertz CT molecular complexity index is 1080. The normalized spacial score (nSPS) is 10.9. The second-order valence-electron chi connectivity index (χ2n) is 7.28. The lowest BCUT2D eigenvalue weighted by molar-refractivity contribution is -0.116. The molecule has 1 aromatic heterocycles. The van der Waals surface area contributed by atoms with E-state index in [1.165, 1.54) is 22.5 Å². The second kappa shape index (κ2) is 9.94. The number of anilines is 1. The standard InChI is InChI=1S/C23H24BrClN2O2S/c1-13-7-8-17(10-14(13)2)18-12-30-23(26-18)27-20(28)6-5-9-29-19-11-15(3)22(25)16(4)21(19)24/h7-8,10-12H,5-6,9H2,1-4H3,(H,26,27,28). The van der Waals surface area contributed by atoms with Crippen molar-refractivity contribution in [3.05, 3.63) is 61.4 Å². The van der Waals surface area contributed by atoms with Gasteiger partial charge in [0, 0.05) is 22.4 Å². The van der Waals surface area contributed by atoms with Crippen molar-refractivity contribution in [2.45, 2.75) is 40.5 Å². The third-order valence-electron chi connectivity index (χ3n) is 4.93. The topological polar surface area (TPSA) is 51.2 Å². The lowest BCUT2D eigenvalue weighted by Crippen LogP contribution is -2.12. The number of hydrogen-bond donors (Lipinski definition) is 1. The highest BCUT2D eigenvalue weighted by Crippen LogP contribution is 2.35. The first-order valence-electron chi connectivity index (χ1n) is 9.67. The van der Waals surface area contributed by atoms with Crippen LogP contribution in [0.2, 0.25) is 5.02 Å². The first-order valence-corrected chi connectivity index (χ1v) is 11.7. The van der Waals surface area contributed by atoms with Crippen molar-refractivity contribution < 1.29 is 9.53 Å². The molecule has 3 rings (SSSR count). The minimum atomic E-state index is -0.0675. The maximum Gasteiger partial charge on any atom is 0.226 e. The highest BCUT2D eigenvalue weighted by molar-refractivity contribution is 9.10. The lowest BCUT2D eigenvalue weighted by Gasteiger charge is -2.13. The molecule has 1 N–H and O–H groups in total. The summed E-state index contributed by atoms with van der Waals surface area (Å²) in [5.74, 6) is 0.676. The Morgan fingerprint density at radius 1 is 1.17 bits per heavy atom. The van der Waals surface area contributed by atoms with Gasteiger partial charge in [0.2, 0.25) is 5.91 Å². The quantitative estimate of drug-likeness (QED) is 0.342. The Balaban J connectivity index is 1.50. The summed E-state index contributed by atoms with van der Waals surface area (Å²) >= 11 is 11.2. The van der Waals surface area contributed by atoms with Gasteiger partial charge in [0.15, 0.2) is 5.13 Å². The van der Waals surface area contributed by atoms with Crippen LogP contribution in [0.1, 0.15) is 35.1 Å². The summed E-state index contributed by atoms with van der Waals surface area (Å²) in [4.78, 5) is 16.8. The van der Waals surface area contributed by atoms with Crippen LogP contribution in [0.4, 0.5) is 5.13 Å². The summed E-state index contributed by atoms with van der Waals surface area (Å²) in [7, 11) is 0. The van der Waals surface area contributed by atoms with E-state index < -0.39 is 0 Å². The molecule has 0 unspecified atom stereocenters. The minimum absolute atomic E-state index is 0.0675. The van der Waals surface area contributed by atoms with Gasteiger partial charge in [-0.05, 0) is 84.4 Å². The number of carbonyl (C=O) groups is 1. The SMILES string of the molecule is Cc1ccc(-c2csc(NC(=O)CCCOc3cc(C)c(Cl)c(C)c3Br)n2)cc1C. The predicted molar refractivity (Wildman–Crippen MR) is 129 cm³/mol. The Kier molecular flexibility index (Phi) is 7.55. The maximum absolute atomic E-state index is 12.3. The molecule has 0 aliphatic rings. The lowest BCUT2D eigenvalue weighted by atomic mass is 10.1. The van der Waals surface area contributed by atoms with Crippen LogP contribution in [0, 0.1) is 27.7 Å². The fraction of sp³-hybridized carbons (Fsp3) is 0.304. The zero-order valence-corrected chi connectivity index (χ0v) is 20.6. The highest BCUT2D eigenvalue weighted by atomic mass is 79.9. The van der Waals surface area contributed by atoms with Crippen molar-refractivity contribution in [3.63, 3.8) is 0 Å². The van der Waals surface area contributed by atoms with Gasteiger partial charge in [-0.3, -0.25) is 4.79 Å². The largest absolute Gasteiger partial charge is 0.492 e. The summed E-state index contributed by atoms with van der Waals surface area (Å²) in [5, 5.41) is 6.19. The van der Waals surface area contributed by atoms with Crippen LogP contribution >= 0.6 is 38.9 Å². The fourth-order valence-corrected chi connectivity index (χ4v) is 4.39. The van der Waals surface area contributed by atoms with Crippen LogP contribution in [0.3, 0.4) is 0 Å². The van der Waals surface area contributed by atoms with Crippen LogP contribution in [0.15, 0.2) is 34.1 Å². The number of benzene rings is 2. The Morgan fingerprint density at radius 2 is 1.93 bits per heavy atom. The molecule has 158 valence electrons. The molecule has 0 saturated carbocycles. The van der Waals surface area contributed by atoms with Gasteiger partial charge >= 0.3 is 0 Å². The molecule has 0 atom stereocenters. The molecule has 1 amide bonds. The van der Waals surface area contributed by atoms with Crippen molar-refractivity contribution >= 4 is 49.9 Å². The molecular formula is C23H24BrClN2O2S. The molecule has 30 heavy (non-hydrogen) atoms. The third kappa shape index (κ3) is 5.42. The fourth-order valence-electron chi connectivity index (χ4n) is 2.97. The molecule has 0 spiro atoms. The van der Waals surface area contributed by atoms with Gasteiger partial charge < -0.3 is 10.1 Å². The molecule has 2 aromatic carbocycles. The van der Waals surface area contributed by atoms with Crippen molar-refractivity contribution in [3.8, 4) is 17.0 Å². The number of aryl methyl sites for hydroxylation is 3. The van der Waals surface area contributed by atoms with E-state index in [2.05, 4.69) is 58.3 Å². The van der Waals surface area contributed by atoms with E-state index in [4.69, 9.17) is 16.3 Å². The Labute approximate surface area is 194 Å². The summed E-state index contributed by atoms with van der Waals surface area (Å²) < 4.78 is 6.69. The van der Waals surface area contributed by atoms with Crippen LogP contribution < -0.4 is 10.1 Å². The Morgan fingerprint density at radius 3 is 2.67 bits per heavy atom. The molecule has 0 bridgehead atoms.